The molecule has 2 rings (SSSR count). The Morgan fingerprint density at radius 2 is 2.00 bits per heavy atom. The molecule has 0 amide bonds. The number of H-pyrrole nitrogens is 1. The van der Waals surface area contributed by atoms with Crippen LogP contribution in [0.15, 0.2) is 39.6 Å². The lowest BCUT2D eigenvalue weighted by molar-refractivity contribution is 0.392. The molecular weight excluding hydrogens is 178 g/mol. The molecule has 0 aliphatic rings. The van der Waals surface area contributed by atoms with Crippen LogP contribution in [0.2, 0.25) is 0 Å². The number of nitrogens with one attached hydrogen (secondary N) is 1. The molecule has 0 atom stereocenters. The lowest BCUT2D eigenvalue weighted by Crippen LogP contribution is -2.00. The second-order valence-electron chi connectivity index (χ2n) is 3.06. The predicted molar refractivity (Wildman–Crippen MR) is 54.1 cm³/mol. The third kappa shape index (κ3) is 1.37. The van der Waals surface area contributed by atoms with E-state index in [0.29, 0.717) is 12.0 Å². The summed E-state index contributed by atoms with van der Waals surface area (Å²) in [5, 5.41) is 2.65. The molecule has 3 nitrogen and oxygen atoms in total. The summed E-state index contributed by atoms with van der Waals surface area (Å²) in [4.78, 5) is 11.2. The maximum atomic E-state index is 11.2. The Morgan fingerprint density at radius 3 is 2.64 bits per heavy atom. The van der Waals surface area contributed by atoms with Gasteiger partial charge in [-0.25, -0.2) is 9.95 Å². The quantitative estimate of drug-likeness (QED) is 0.787. The van der Waals surface area contributed by atoms with Crippen LogP contribution in [-0.2, 0) is 6.42 Å². The van der Waals surface area contributed by atoms with Crippen LogP contribution in [0.3, 0.4) is 0 Å². The van der Waals surface area contributed by atoms with Crippen molar-refractivity contribution in [3.8, 4) is 11.3 Å². The van der Waals surface area contributed by atoms with Gasteiger partial charge in [0.15, 0.2) is 0 Å². The summed E-state index contributed by atoms with van der Waals surface area (Å²) in [5.74, 6) is 0. The average Bonchev–Trinajstić information content (AvgIpc) is 2.61. The van der Waals surface area contributed by atoms with E-state index >= 15 is 0 Å². The largest absolute Gasteiger partial charge is 0.361 e. The summed E-state index contributed by atoms with van der Waals surface area (Å²) < 4.78 is 4.76. The molecule has 0 radical (unpaired) electrons. The molecule has 1 aromatic heterocycles. The van der Waals surface area contributed by atoms with Gasteiger partial charge in [-0.1, -0.05) is 37.3 Å². The van der Waals surface area contributed by atoms with Crippen LogP contribution in [-0.4, -0.2) is 5.16 Å². The molecule has 0 bridgehead atoms. The minimum Gasteiger partial charge on any atom is -0.338 e. The van der Waals surface area contributed by atoms with E-state index in [-0.39, 0.29) is 5.63 Å². The Labute approximate surface area is 81.3 Å². The van der Waals surface area contributed by atoms with E-state index in [2.05, 4.69) is 5.16 Å². The van der Waals surface area contributed by atoms with Crippen LogP contribution in [0.4, 0.5) is 0 Å². The van der Waals surface area contributed by atoms with Gasteiger partial charge in [0.05, 0.1) is 11.3 Å². The Hall–Kier alpha value is -1.77. The van der Waals surface area contributed by atoms with Crippen LogP contribution < -0.4 is 5.63 Å². The van der Waals surface area contributed by atoms with Gasteiger partial charge in [-0.05, 0) is 6.42 Å². The summed E-state index contributed by atoms with van der Waals surface area (Å²) in [6.45, 7) is 1.94. The number of rotatable bonds is 2. The van der Waals surface area contributed by atoms with Crippen LogP contribution in [0.1, 0.15) is 12.5 Å². The topological polar surface area (TPSA) is 46.0 Å². The molecule has 3 heteroatoms. The molecule has 1 N–H and O–H groups in total. The van der Waals surface area contributed by atoms with Crippen LogP contribution >= 0.6 is 0 Å². The van der Waals surface area contributed by atoms with Crippen molar-refractivity contribution >= 4 is 0 Å². The lowest BCUT2D eigenvalue weighted by atomic mass is 10.1. The van der Waals surface area contributed by atoms with Crippen molar-refractivity contribution in [2.75, 3.05) is 0 Å². The van der Waals surface area contributed by atoms with Gasteiger partial charge in [0, 0.05) is 5.56 Å². The molecule has 1 heterocycles. The SMILES string of the molecule is CCc1c(-c2ccccc2)[nH]oc1=O. The second kappa shape index (κ2) is 3.54. The van der Waals surface area contributed by atoms with Gasteiger partial charge in [0.2, 0.25) is 0 Å². The van der Waals surface area contributed by atoms with Crippen LogP contribution in [0.25, 0.3) is 11.3 Å². The van der Waals surface area contributed by atoms with Crippen LogP contribution in [0.5, 0.6) is 0 Å². The van der Waals surface area contributed by atoms with Crippen molar-refractivity contribution in [1.82, 2.24) is 5.16 Å². The molecule has 0 unspecified atom stereocenters. The molecular formula is C11H11NO2. The number of hydrogen-bond acceptors (Lipinski definition) is 2. The maximum Gasteiger partial charge on any atom is 0.361 e. The highest BCUT2D eigenvalue weighted by Crippen LogP contribution is 2.18. The first-order chi connectivity index (χ1) is 6.83. The summed E-state index contributed by atoms with van der Waals surface area (Å²) in [7, 11) is 0. The fraction of sp³-hybridized carbons (Fsp3) is 0.182. The fourth-order valence-electron chi connectivity index (χ4n) is 1.48. The number of hydrogen-bond donors (Lipinski definition) is 1. The third-order valence-corrected chi connectivity index (χ3v) is 2.21. The van der Waals surface area contributed by atoms with Crippen molar-refractivity contribution < 1.29 is 4.52 Å². The van der Waals surface area contributed by atoms with Crippen molar-refractivity contribution in [2.45, 2.75) is 13.3 Å². The fourth-order valence-corrected chi connectivity index (χ4v) is 1.48. The van der Waals surface area contributed by atoms with E-state index in [0.717, 1.165) is 11.3 Å². The minimum absolute atomic E-state index is 0.272. The number of benzene rings is 1. The van der Waals surface area contributed by atoms with Crippen molar-refractivity contribution in [3.05, 3.63) is 46.3 Å². The first kappa shape index (κ1) is 8.81. The van der Waals surface area contributed by atoms with Crippen molar-refractivity contribution in [3.63, 3.8) is 0 Å². The highest BCUT2D eigenvalue weighted by Gasteiger charge is 2.10. The molecule has 0 aliphatic carbocycles. The first-order valence-electron chi connectivity index (χ1n) is 4.58. The Balaban J connectivity index is 2.57. The second-order valence-corrected chi connectivity index (χ2v) is 3.06. The van der Waals surface area contributed by atoms with Gasteiger partial charge in [-0.2, -0.15) is 0 Å². The van der Waals surface area contributed by atoms with Gasteiger partial charge in [-0.3, -0.25) is 0 Å². The van der Waals surface area contributed by atoms with E-state index in [9.17, 15) is 4.79 Å². The zero-order valence-electron chi connectivity index (χ0n) is 7.91. The monoisotopic (exact) mass is 189 g/mol. The van der Waals surface area contributed by atoms with E-state index in [4.69, 9.17) is 4.52 Å². The standard InChI is InChI=1S/C11H11NO2/c1-2-9-10(12-14-11(9)13)8-6-4-3-5-7-8/h3-7,12H,2H2,1H3. The Morgan fingerprint density at radius 1 is 1.29 bits per heavy atom. The Kier molecular flexibility index (Phi) is 2.23. The third-order valence-electron chi connectivity index (χ3n) is 2.21. The van der Waals surface area contributed by atoms with Crippen molar-refractivity contribution in [1.29, 1.82) is 0 Å². The van der Waals surface area contributed by atoms with Gasteiger partial charge in [0.1, 0.15) is 0 Å². The van der Waals surface area contributed by atoms with E-state index < -0.39 is 0 Å². The molecule has 0 aliphatic heterocycles. The van der Waals surface area contributed by atoms with Crippen LogP contribution in [0, 0.1) is 0 Å². The normalized spacial score (nSPS) is 10.4. The van der Waals surface area contributed by atoms with E-state index in [1.165, 1.54) is 0 Å². The highest BCUT2D eigenvalue weighted by atomic mass is 16.5. The minimum atomic E-state index is -0.272. The molecule has 0 spiro atoms. The van der Waals surface area contributed by atoms with Gasteiger partial charge in [-0.15, -0.1) is 0 Å². The molecule has 14 heavy (non-hydrogen) atoms. The maximum absolute atomic E-state index is 11.2. The van der Waals surface area contributed by atoms with E-state index in [1.54, 1.807) is 0 Å². The smallest absolute Gasteiger partial charge is 0.338 e. The van der Waals surface area contributed by atoms with Gasteiger partial charge < -0.3 is 4.52 Å². The highest BCUT2D eigenvalue weighted by molar-refractivity contribution is 5.61. The van der Waals surface area contributed by atoms with Gasteiger partial charge in [0.25, 0.3) is 0 Å². The number of aromatic amines is 1. The molecule has 0 saturated carbocycles. The summed E-state index contributed by atoms with van der Waals surface area (Å²) in [6.07, 6.45) is 0.677. The molecule has 1 aromatic carbocycles. The predicted octanol–water partition coefficient (Wildman–Crippen LogP) is 2.20. The van der Waals surface area contributed by atoms with Gasteiger partial charge >= 0.3 is 5.63 Å². The molecule has 0 fully saturated rings. The summed E-state index contributed by atoms with van der Waals surface area (Å²) >= 11 is 0. The first-order valence-corrected chi connectivity index (χ1v) is 4.58. The molecule has 72 valence electrons. The lowest BCUT2D eigenvalue weighted by Gasteiger charge is -1.97. The van der Waals surface area contributed by atoms with E-state index in [1.807, 2.05) is 37.3 Å². The van der Waals surface area contributed by atoms with Crippen molar-refractivity contribution in [2.24, 2.45) is 0 Å². The zero-order valence-corrected chi connectivity index (χ0v) is 7.91. The summed E-state index contributed by atoms with van der Waals surface area (Å²) in [5.41, 5.74) is 2.20. The molecule has 0 saturated heterocycles. The summed E-state index contributed by atoms with van der Waals surface area (Å²) in [6, 6.07) is 9.69. The zero-order chi connectivity index (χ0) is 9.97. The number of aromatic nitrogens is 1. The Bertz CT molecular complexity index is 468. The molecule has 2 aromatic rings. The average molecular weight is 189 g/mol.